The molecule has 0 aromatic heterocycles. The molecule has 0 radical (unpaired) electrons. The van der Waals surface area contributed by atoms with Crippen LogP contribution < -0.4 is 18.9 Å². The zero-order valence-electron chi connectivity index (χ0n) is 13.4. The third kappa shape index (κ3) is 1.01. The van der Waals surface area contributed by atoms with Crippen molar-refractivity contribution in [3.05, 3.63) is 41.8 Å². The summed E-state index contributed by atoms with van der Waals surface area (Å²) in [4.78, 5) is 0. The van der Waals surface area contributed by atoms with Crippen LogP contribution in [0.5, 0.6) is 0 Å². The van der Waals surface area contributed by atoms with Gasteiger partial charge in [0.05, 0.1) is 0 Å². The fraction of sp³-hybridized carbons (Fsp3) is 0.562. The molecule has 4 aliphatic rings. The molecule has 3 heteroatoms. The standard InChI is InChI=1S/C16H23Si2.Li/c1-17(2,3)15-13-14(15,12-10-8-7-9-11-12)16(13,15)18(4,5)6;/h7-11H,1-6H3;/q-1;+1. The van der Waals surface area contributed by atoms with E-state index < -0.39 is 16.1 Å². The average molecular weight is 278 g/mol. The Balaban J connectivity index is 0.00000110. The summed E-state index contributed by atoms with van der Waals surface area (Å²) in [6.45, 7) is 15.5. The Hall–Kier alpha value is 0.251. The van der Waals surface area contributed by atoms with Gasteiger partial charge in [-0.1, -0.05) is 75.2 Å². The van der Waals surface area contributed by atoms with E-state index in [4.69, 9.17) is 0 Å². The number of benzene rings is 1. The number of rotatable bonds is 3. The van der Waals surface area contributed by atoms with Gasteiger partial charge in [0, 0.05) is 16.1 Å². The molecule has 5 rings (SSSR count). The first-order valence-electron chi connectivity index (χ1n) is 7.16. The minimum atomic E-state index is -1.08. The summed E-state index contributed by atoms with van der Waals surface area (Å²) in [5, 5.41) is 1.47. The second-order valence-electron chi connectivity index (χ2n) is 8.49. The van der Waals surface area contributed by atoms with Crippen LogP contribution in [0.1, 0.15) is 5.56 Å². The minimum Gasteiger partial charge on any atom is -0.309 e. The fourth-order valence-electron chi connectivity index (χ4n) is 5.86. The molecule has 2 atom stereocenters. The van der Waals surface area contributed by atoms with Crippen LogP contribution in [0.4, 0.5) is 0 Å². The molecule has 19 heavy (non-hydrogen) atoms. The van der Waals surface area contributed by atoms with E-state index in [0.717, 1.165) is 10.1 Å². The normalized spacial score (nSPS) is 42.2. The summed E-state index contributed by atoms with van der Waals surface area (Å²) in [5.74, 6) is 1.99. The molecule has 2 unspecified atom stereocenters. The second kappa shape index (κ2) is 3.19. The van der Waals surface area contributed by atoms with Crippen LogP contribution >= 0.6 is 0 Å². The molecule has 0 N–H and O–H groups in total. The van der Waals surface area contributed by atoms with Gasteiger partial charge in [-0.3, -0.25) is 0 Å². The molecule has 0 saturated heterocycles. The van der Waals surface area contributed by atoms with Crippen molar-refractivity contribution in [3.63, 3.8) is 0 Å². The first-order valence-corrected chi connectivity index (χ1v) is 14.2. The van der Waals surface area contributed by atoms with Gasteiger partial charge in [-0.15, -0.1) is 0 Å². The summed E-state index contributed by atoms with van der Waals surface area (Å²) in [6.07, 6.45) is 0. The van der Waals surface area contributed by atoms with Crippen LogP contribution in [0.3, 0.4) is 0 Å². The Morgan fingerprint density at radius 2 is 1.21 bits per heavy atom. The average Bonchev–Trinajstić information content (AvgIpc) is 3.08. The van der Waals surface area contributed by atoms with Gasteiger partial charge in [0.15, 0.2) is 0 Å². The van der Waals surface area contributed by atoms with Crippen molar-refractivity contribution in [2.45, 2.75) is 54.8 Å². The molecule has 4 fully saturated rings. The summed E-state index contributed by atoms with van der Waals surface area (Å²) >= 11 is 0. The Kier molecular flexibility index (Phi) is 2.39. The quantitative estimate of drug-likeness (QED) is 0.583. The summed E-state index contributed by atoms with van der Waals surface area (Å²) in [6, 6.07) is 11.4. The molecule has 0 heterocycles. The van der Waals surface area contributed by atoms with Crippen LogP contribution in [-0.4, -0.2) is 16.1 Å². The summed E-state index contributed by atoms with van der Waals surface area (Å²) < 4.78 is 0. The van der Waals surface area contributed by atoms with E-state index >= 15 is 0 Å². The number of hydrogen-bond acceptors (Lipinski definition) is 0. The molecule has 4 aliphatic carbocycles. The van der Waals surface area contributed by atoms with Crippen molar-refractivity contribution in [2.24, 2.45) is 0 Å². The molecular formula is C16H23LiSi2. The van der Waals surface area contributed by atoms with Gasteiger partial charge in [-0.25, -0.2) is 10.1 Å². The molecule has 0 aliphatic heterocycles. The Morgan fingerprint density at radius 1 is 0.789 bits per heavy atom. The zero-order valence-corrected chi connectivity index (χ0v) is 15.4. The van der Waals surface area contributed by atoms with Gasteiger partial charge < -0.3 is 5.92 Å². The van der Waals surface area contributed by atoms with Crippen molar-refractivity contribution in [2.75, 3.05) is 0 Å². The maximum Gasteiger partial charge on any atom is 1.00 e. The van der Waals surface area contributed by atoms with E-state index in [9.17, 15) is 0 Å². The molecule has 0 amide bonds. The third-order valence-electron chi connectivity index (χ3n) is 6.02. The van der Waals surface area contributed by atoms with Gasteiger partial charge in [0.25, 0.3) is 0 Å². The van der Waals surface area contributed by atoms with Crippen LogP contribution in [-0.2, 0) is 5.41 Å². The van der Waals surface area contributed by atoms with Crippen LogP contribution in [0.25, 0.3) is 0 Å². The molecule has 0 spiro atoms. The Bertz CT molecular complexity index is 526. The molecule has 0 bridgehead atoms. The second-order valence-corrected chi connectivity index (χ2v) is 19.0. The summed E-state index contributed by atoms with van der Waals surface area (Å²) in [5.41, 5.74) is 2.24. The van der Waals surface area contributed by atoms with Gasteiger partial charge in [0.2, 0.25) is 0 Å². The van der Waals surface area contributed by atoms with Crippen LogP contribution in [0.2, 0.25) is 49.4 Å². The van der Waals surface area contributed by atoms with Crippen molar-refractivity contribution in [1.82, 2.24) is 0 Å². The molecule has 0 nitrogen and oxygen atoms in total. The molecular weight excluding hydrogens is 255 g/mol. The van der Waals surface area contributed by atoms with Crippen molar-refractivity contribution < 1.29 is 18.9 Å². The van der Waals surface area contributed by atoms with E-state index in [1.54, 1.807) is 5.56 Å². The summed E-state index contributed by atoms with van der Waals surface area (Å²) in [7, 11) is -2.15. The largest absolute Gasteiger partial charge is 1.00 e. The van der Waals surface area contributed by atoms with E-state index in [1.807, 2.05) is 5.92 Å². The predicted octanol–water partition coefficient (Wildman–Crippen LogP) is 1.70. The van der Waals surface area contributed by atoms with E-state index in [-0.39, 0.29) is 18.9 Å². The first-order chi connectivity index (χ1) is 8.22. The fourth-order valence-corrected chi connectivity index (χ4v) is 16.3. The van der Waals surface area contributed by atoms with Gasteiger partial charge in [0.1, 0.15) is 0 Å². The van der Waals surface area contributed by atoms with Gasteiger partial charge in [-0.2, -0.15) is 5.41 Å². The molecule has 96 valence electrons. The Morgan fingerprint density at radius 3 is 1.53 bits per heavy atom. The zero-order chi connectivity index (χ0) is 13.2. The smallest absolute Gasteiger partial charge is 0.309 e. The van der Waals surface area contributed by atoms with E-state index in [0.29, 0.717) is 5.41 Å². The van der Waals surface area contributed by atoms with Crippen molar-refractivity contribution in [1.29, 1.82) is 0 Å². The van der Waals surface area contributed by atoms with Crippen molar-refractivity contribution in [3.8, 4) is 0 Å². The monoisotopic (exact) mass is 278 g/mol. The van der Waals surface area contributed by atoms with E-state index in [2.05, 4.69) is 69.6 Å². The first kappa shape index (κ1) is 14.2. The third-order valence-corrected chi connectivity index (χ3v) is 12.8. The predicted molar refractivity (Wildman–Crippen MR) is 83.4 cm³/mol. The van der Waals surface area contributed by atoms with Crippen molar-refractivity contribution >= 4 is 16.1 Å². The van der Waals surface area contributed by atoms with Crippen LogP contribution in [0.15, 0.2) is 30.3 Å². The molecule has 1 aromatic carbocycles. The number of hydrogen-bond donors (Lipinski definition) is 0. The van der Waals surface area contributed by atoms with Gasteiger partial charge in [-0.05, 0) is 0 Å². The minimum absolute atomic E-state index is 0. The molecule has 1 aromatic rings. The SMILES string of the molecule is C[Si](C)(C)C12[C-]3C1(c1ccccc1)C32[Si](C)(C)C.[Li+]. The Labute approximate surface area is 131 Å². The van der Waals surface area contributed by atoms with E-state index in [1.165, 1.54) is 0 Å². The maximum atomic E-state index is 2.59. The maximum absolute atomic E-state index is 2.59. The van der Waals surface area contributed by atoms with Crippen LogP contribution in [0, 0.1) is 5.92 Å². The molecule has 4 saturated carbocycles. The topological polar surface area (TPSA) is 0 Å². The van der Waals surface area contributed by atoms with Gasteiger partial charge >= 0.3 is 18.9 Å².